The summed E-state index contributed by atoms with van der Waals surface area (Å²) in [5.74, 6) is 0.282. The summed E-state index contributed by atoms with van der Waals surface area (Å²) in [6, 6.07) is 0. The Morgan fingerprint density at radius 2 is 1.83 bits per heavy atom. The van der Waals surface area contributed by atoms with Gasteiger partial charge in [0.1, 0.15) is 12.3 Å². The molecule has 0 aromatic heterocycles. The summed E-state index contributed by atoms with van der Waals surface area (Å²) in [7, 11) is 0. The zero-order valence-electron chi connectivity index (χ0n) is 22.5. The third-order valence-corrected chi connectivity index (χ3v) is 11.4. The van der Waals surface area contributed by atoms with Gasteiger partial charge in [-0.15, -0.1) is 0 Å². The maximum absolute atomic E-state index is 16.0. The van der Waals surface area contributed by atoms with Crippen LogP contribution in [0.2, 0.25) is 0 Å². The molecule has 36 heavy (non-hydrogen) atoms. The van der Waals surface area contributed by atoms with Crippen molar-refractivity contribution in [2.45, 2.75) is 111 Å². The van der Waals surface area contributed by atoms with E-state index in [2.05, 4.69) is 37.7 Å². The molecule has 4 aliphatic rings. The average molecular weight is 506 g/mol. The molecule has 4 aliphatic carbocycles. The number of halogens is 1. The zero-order valence-corrected chi connectivity index (χ0v) is 22.5. The number of hydrogen-bond donors (Lipinski definition) is 1. The smallest absolute Gasteiger partial charge is 0.303 e. The van der Waals surface area contributed by atoms with Crippen LogP contribution in [-0.4, -0.2) is 35.4 Å². The second-order valence-electron chi connectivity index (χ2n) is 12.8. The molecule has 7 nitrogen and oxygen atoms in total. The Morgan fingerprint density at radius 1 is 1.17 bits per heavy atom. The third kappa shape index (κ3) is 4.36. The van der Waals surface area contributed by atoms with Crippen LogP contribution in [0, 0.1) is 52.3 Å². The van der Waals surface area contributed by atoms with E-state index in [9.17, 15) is 14.7 Å². The predicted octanol–water partition coefficient (Wildman–Crippen LogP) is 6.39. The van der Waals surface area contributed by atoms with Crippen LogP contribution in [0.25, 0.3) is 10.4 Å². The normalized spacial score (nSPS) is 46.5. The molecule has 0 spiro atoms. The van der Waals surface area contributed by atoms with Gasteiger partial charge in [-0.1, -0.05) is 34.1 Å². The molecule has 4 rings (SSSR count). The number of ether oxygens (including phenoxy) is 1. The van der Waals surface area contributed by atoms with Crippen LogP contribution in [-0.2, 0) is 14.3 Å². The molecule has 12 atom stereocenters. The molecule has 0 unspecified atom stereocenters. The number of azide groups is 1. The molecule has 0 bridgehead atoms. The summed E-state index contributed by atoms with van der Waals surface area (Å²) in [5, 5.41) is 15.1. The van der Waals surface area contributed by atoms with Crippen LogP contribution in [0.5, 0.6) is 0 Å². The van der Waals surface area contributed by atoms with E-state index in [1.807, 2.05) is 0 Å². The van der Waals surface area contributed by atoms with E-state index in [4.69, 9.17) is 10.3 Å². The summed E-state index contributed by atoms with van der Waals surface area (Å²) < 4.78 is 21.4. The topological polar surface area (TPSA) is 112 Å². The van der Waals surface area contributed by atoms with Gasteiger partial charge < -0.3 is 9.84 Å². The third-order valence-electron chi connectivity index (χ3n) is 11.4. The van der Waals surface area contributed by atoms with Crippen molar-refractivity contribution in [3.63, 3.8) is 0 Å². The molecule has 4 saturated carbocycles. The molecule has 0 aromatic rings. The Balaban J connectivity index is 1.58. The fraction of sp³-hybridized carbons (Fsp3) is 0.929. The molecule has 1 amide bonds. The molecule has 202 valence electrons. The highest BCUT2D eigenvalue weighted by atomic mass is 19.1. The van der Waals surface area contributed by atoms with Gasteiger partial charge in [0.25, 0.3) is 0 Å². The lowest BCUT2D eigenvalue weighted by Crippen LogP contribution is -2.65. The maximum atomic E-state index is 16.0. The van der Waals surface area contributed by atoms with Crippen molar-refractivity contribution in [3.05, 3.63) is 10.4 Å². The van der Waals surface area contributed by atoms with Crippen molar-refractivity contribution >= 4 is 11.9 Å². The van der Waals surface area contributed by atoms with E-state index >= 15 is 4.39 Å². The molecule has 0 heterocycles. The van der Waals surface area contributed by atoms with Crippen molar-refractivity contribution in [2.75, 3.05) is 0 Å². The molecule has 4 fully saturated rings. The van der Waals surface area contributed by atoms with Gasteiger partial charge in [0, 0.05) is 24.2 Å². The van der Waals surface area contributed by atoms with Gasteiger partial charge in [-0.2, -0.15) is 0 Å². The largest absolute Gasteiger partial charge is 0.459 e. The number of carbonyl (C=O) groups excluding carboxylic acids is 2. The van der Waals surface area contributed by atoms with Crippen molar-refractivity contribution in [1.82, 2.24) is 0 Å². The first-order valence-electron chi connectivity index (χ1n) is 14.1. The zero-order chi connectivity index (χ0) is 26.4. The molecular weight excluding hydrogens is 461 g/mol. The highest BCUT2D eigenvalue weighted by Gasteiger charge is 2.67. The Labute approximate surface area is 214 Å². The van der Waals surface area contributed by atoms with Crippen molar-refractivity contribution in [3.8, 4) is 0 Å². The summed E-state index contributed by atoms with van der Waals surface area (Å²) in [6.45, 7) is 10.2. The van der Waals surface area contributed by atoms with Gasteiger partial charge >= 0.3 is 5.97 Å². The monoisotopic (exact) mass is 505 g/mol. The van der Waals surface area contributed by atoms with Crippen LogP contribution in [0.1, 0.15) is 92.4 Å². The number of alkyl halides is 1. The van der Waals surface area contributed by atoms with E-state index in [1.54, 1.807) is 0 Å². The van der Waals surface area contributed by atoms with Gasteiger partial charge in [-0.3, -0.25) is 9.59 Å². The number of aliphatic hydroxyl groups excluding tert-OH is 1. The average Bonchev–Trinajstić information content (AvgIpc) is 3.18. The first-order chi connectivity index (χ1) is 17.0. The van der Waals surface area contributed by atoms with Crippen molar-refractivity contribution in [2.24, 2.45) is 57.4 Å². The number of nitrogens with zero attached hydrogens (tertiary/aromatic N) is 3. The van der Waals surface area contributed by atoms with Gasteiger partial charge in [-0.25, -0.2) is 4.39 Å². The first kappa shape index (κ1) is 27.4. The van der Waals surface area contributed by atoms with Crippen LogP contribution in [0.4, 0.5) is 4.39 Å². The van der Waals surface area contributed by atoms with Crippen LogP contribution in [0.15, 0.2) is 5.11 Å². The van der Waals surface area contributed by atoms with Gasteiger partial charge in [-0.05, 0) is 102 Å². The van der Waals surface area contributed by atoms with E-state index in [0.717, 1.165) is 32.1 Å². The minimum absolute atomic E-state index is 0.0780. The summed E-state index contributed by atoms with van der Waals surface area (Å²) in [6.07, 6.45) is 4.71. The fourth-order valence-electron chi connectivity index (χ4n) is 9.93. The lowest BCUT2D eigenvalue weighted by Gasteiger charge is -2.65. The van der Waals surface area contributed by atoms with Gasteiger partial charge in [0.05, 0.1) is 6.10 Å². The fourth-order valence-corrected chi connectivity index (χ4v) is 9.93. The van der Waals surface area contributed by atoms with Crippen LogP contribution < -0.4 is 0 Å². The van der Waals surface area contributed by atoms with Crippen LogP contribution >= 0.6 is 0 Å². The minimum atomic E-state index is -1.24. The SMILES string of the molecule is CC[C@H]1[C@@H](O)[C@@H]2[C@H](CC[C@]3(C)[C@@H]([C@H](C)CCC(=O)N=[N+]=[N-])CC[C@@H]23)[C@@]2(C)CC[C@@H](OC(C)=O)[C@H](F)[C@@H]12. The van der Waals surface area contributed by atoms with Gasteiger partial charge in [0.15, 0.2) is 0 Å². The minimum Gasteiger partial charge on any atom is -0.459 e. The van der Waals surface area contributed by atoms with E-state index in [-0.39, 0.29) is 40.9 Å². The highest BCUT2D eigenvalue weighted by Crippen LogP contribution is 2.69. The number of esters is 1. The second kappa shape index (κ2) is 10.2. The Morgan fingerprint density at radius 3 is 2.47 bits per heavy atom. The van der Waals surface area contributed by atoms with Crippen molar-refractivity contribution < 1.29 is 23.8 Å². The highest BCUT2D eigenvalue weighted by molar-refractivity contribution is 5.76. The quantitative estimate of drug-likeness (QED) is 0.195. The standard InChI is InChI=1S/C28H44FN3O4/c1-6-17-24-25(29)21(36-16(3)33)12-14-28(24,5)20-11-13-27(4)18(8-9-19(27)23(20)26(17)35)15(2)7-10-22(34)31-32-30/h15,17-21,23-26,35H,6-14H2,1-5H3/t15-,17-,18-,19+,20+,21-,23+,24-,25+,26-,27-,28-/m1/s1. The maximum Gasteiger partial charge on any atom is 0.303 e. The van der Waals surface area contributed by atoms with Crippen molar-refractivity contribution in [1.29, 1.82) is 0 Å². The number of fused-ring (bicyclic) bond motifs is 5. The Hall–Kier alpha value is -1.66. The lowest BCUT2D eigenvalue weighted by atomic mass is 9.41. The molecule has 0 saturated heterocycles. The molecule has 8 heteroatoms. The first-order valence-corrected chi connectivity index (χ1v) is 14.1. The lowest BCUT2D eigenvalue weighted by molar-refractivity contribution is -0.226. The second-order valence-corrected chi connectivity index (χ2v) is 12.8. The number of amides is 1. The number of aliphatic hydroxyl groups is 1. The summed E-state index contributed by atoms with van der Waals surface area (Å²) >= 11 is 0. The molecule has 0 radical (unpaired) electrons. The number of rotatable bonds is 6. The summed E-state index contributed by atoms with van der Waals surface area (Å²) in [5.41, 5.74) is 8.39. The Kier molecular flexibility index (Phi) is 7.79. The molecule has 1 N–H and O–H groups in total. The van der Waals surface area contributed by atoms with E-state index in [0.29, 0.717) is 37.0 Å². The number of carbonyl (C=O) groups is 2. The molecule has 0 aromatic carbocycles. The van der Waals surface area contributed by atoms with Gasteiger partial charge in [0.2, 0.25) is 5.91 Å². The van der Waals surface area contributed by atoms with Crippen LogP contribution in [0.3, 0.4) is 0 Å². The van der Waals surface area contributed by atoms with E-state index < -0.39 is 30.3 Å². The summed E-state index contributed by atoms with van der Waals surface area (Å²) in [4.78, 5) is 26.0. The van der Waals surface area contributed by atoms with E-state index in [1.165, 1.54) is 6.92 Å². The number of hydrogen-bond acceptors (Lipinski definition) is 4. The molecule has 0 aliphatic heterocycles. The predicted molar refractivity (Wildman–Crippen MR) is 134 cm³/mol. The Bertz CT molecular complexity index is 909. The molecular formula is C28H44FN3O4.